The first-order valence-corrected chi connectivity index (χ1v) is 8.47. The predicted octanol–water partition coefficient (Wildman–Crippen LogP) is 3.20. The largest absolute Gasteiger partial charge is 0.396 e. The van der Waals surface area contributed by atoms with Crippen LogP contribution in [0.1, 0.15) is 35.8 Å². The van der Waals surface area contributed by atoms with Crippen molar-refractivity contribution in [1.29, 1.82) is 0 Å². The summed E-state index contributed by atoms with van der Waals surface area (Å²) < 4.78 is 1.78. The maximum atomic E-state index is 9.15. The van der Waals surface area contributed by atoms with Crippen molar-refractivity contribution in [1.82, 2.24) is 20.0 Å². The van der Waals surface area contributed by atoms with Crippen LogP contribution in [0, 0.1) is 13.8 Å². The number of rotatable bonds is 7. The molecule has 0 amide bonds. The van der Waals surface area contributed by atoms with Gasteiger partial charge in [-0.3, -0.25) is 0 Å². The lowest BCUT2D eigenvalue weighted by molar-refractivity contribution is 0.281. The fourth-order valence-electron chi connectivity index (χ4n) is 2.86. The molecule has 130 valence electrons. The number of nitrogens with one attached hydrogen (secondary N) is 1. The van der Waals surface area contributed by atoms with E-state index in [1.165, 1.54) is 5.56 Å². The Hall–Kier alpha value is -2.73. The van der Waals surface area contributed by atoms with Gasteiger partial charge in [-0.15, -0.1) is 10.2 Å². The summed E-state index contributed by atoms with van der Waals surface area (Å²) in [6.07, 6.45) is 1.55. The number of aliphatic hydroxyl groups is 1. The summed E-state index contributed by atoms with van der Waals surface area (Å²) in [5.41, 5.74) is 3.15. The van der Waals surface area contributed by atoms with Gasteiger partial charge in [0.15, 0.2) is 5.82 Å². The van der Waals surface area contributed by atoms with Gasteiger partial charge in [-0.2, -0.15) is 5.10 Å². The lowest BCUT2D eigenvalue weighted by Gasteiger charge is -2.19. The summed E-state index contributed by atoms with van der Waals surface area (Å²) in [6, 6.07) is 16.1. The third-order valence-electron chi connectivity index (χ3n) is 4.05. The lowest BCUT2D eigenvalue weighted by Crippen LogP contribution is -2.13. The topological polar surface area (TPSA) is 75.9 Å². The van der Waals surface area contributed by atoms with E-state index in [-0.39, 0.29) is 12.6 Å². The van der Waals surface area contributed by atoms with Crippen LogP contribution in [-0.4, -0.2) is 31.7 Å². The van der Waals surface area contributed by atoms with Crippen LogP contribution in [0.2, 0.25) is 0 Å². The molecule has 0 saturated heterocycles. The highest BCUT2D eigenvalue weighted by Crippen LogP contribution is 2.23. The minimum atomic E-state index is 0.0854. The van der Waals surface area contributed by atoms with Crippen LogP contribution in [0.3, 0.4) is 0 Å². The maximum Gasteiger partial charge on any atom is 0.176 e. The number of benzene rings is 1. The quantitative estimate of drug-likeness (QED) is 0.692. The second-order valence-corrected chi connectivity index (χ2v) is 6.09. The molecule has 0 radical (unpaired) electrons. The van der Waals surface area contributed by atoms with Gasteiger partial charge in [0.25, 0.3) is 0 Å². The van der Waals surface area contributed by atoms with E-state index in [0.29, 0.717) is 11.6 Å². The Bertz CT molecular complexity index is 798. The molecule has 6 nitrogen and oxygen atoms in total. The molecule has 2 N–H and O–H groups in total. The van der Waals surface area contributed by atoms with Crippen molar-refractivity contribution >= 4 is 5.82 Å². The molecule has 1 atom stereocenters. The van der Waals surface area contributed by atoms with Crippen LogP contribution in [0.5, 0.6) is 0 Å². The molecule has 25 heavy (non-hydrogen) atoms. The van der Waals surface area contributed by atoms with Gasteiger partial charge in [0, 0.05) is 12.3 Å². The molecule has 0 bridgehead atoms. The Morgan fingerprint density at radius 3 is 2.48 bits per heavy atom. The average molecular weight is 337 g/mol. The third-order valence-corrected chi connectivity index (χ3v) is 4.05. The Morgan fingerprint density at radius 1 is 1.08 bits per heavy atom. The zero-order chi connectivity index (χ0) is 17.6. The van der Waals surface area contributed by atoms with E-state index < -0.39 is 0 Å². The van der Waals surface area contributed by atoms with Gasteiger partial charge in [0.1, 0.15) is 5.82 Å². The van der Waals surface area contributed by atoms with Gasteiger partial charge in [-0.25, -0.2) is 4.68 Å². The van der Waals surface area contributed by atoms with Crippen LogP contribution >= 0.6 is 0 Å². The number of aromatic nitrogens is 4. The van der Waals surface area contributed by atoms with E-state index >= 15 is 0 Å². The first kappa shape index (κ1) is 17.1. The Labute approximate surface area is 147 Å². The molecule has 0 fully saturated rings. The van der Waals surface area contributed by atoms with Crippen molar-refractivity contribution in [3.8, 4) is 5.82 Å². The van der Waals surface area contributed by atoms with E-state index in [0.717, 1.165) is 24.2 Å². The number of aryl methyl sites for hydroxylation is 2. The number of anilines is 1. The Balaban J connectivity index is 1.77. The summed E-state index contributed by atoms with van der Waals surface area (Å²) >= 11 is 0. The number of hydrogen-bond acceptors (Lipinski definition) is 5. The normalized spacial score (nSPS) is 12.1. The predicted molar refractivity (Wildman–Crippen MR) is 97.8 cm³/mol. The van der Waals surface area contributed by atoms with Crippen molar-refractivity contribution in [2.24, 2.45) is 0 Å². The summed E-state index contributed by atoms with van der Waals surface area (Å²) in [5, 5.41) is 25.6. The van der Waals surface area contributed by atoms with E-state index in [4.69, 9.17) is 5.11 Å². The van der Waals surface area contributed by atoms with E-state index in [1.54, 1.807) is 4.68 Å². The summed E-state index contributed by atoms with van der Waals surface area (Å²) in [4.78, 5) is 0. The lowest BCUT2D eigenvalue weighted by atomic mass is 10.0. The highest BCUT2D eigenvalue weighted by atomic mass is 16.2. The Morgan fingerprint density at radius 2 is 1.88 bits per heavy atom. The molecule has 1 unspecified atom stereocenters. The monoisotopic (exact) mass is 337 g/mol. The molecule has 0 aliphatic rings. The van der Waals surface area contributed by atoms with Gasteiger partial charge < -0.3 is 10.4 Å². The minimum absolute atomic E-state index is 0.0854. The first-order chi connectivity index (χ1) is 12.2. The van der Waals surface area contributed by atoms with Crippen molar-refractivity contribution in [3.63, 3.8) is 0 Å². The van der Waals surface area contributed by atoms with Gasteiger partial charge in [-0.1, -0.05) is 30.3 Å². The van der Waals surface area contributed by atoms with Crippen LogP contribution in [0.25, 0.3) is 5.82 Å². The summed E-state index contributed by atoms with van der Waals surface area (Å²) in [5.74, 6) is 1.40. The van der Waals surface area contributed by atoms with E-state index in [2.05, 4.69) is 32.7 Å². The molecule has 6 heteroatoms. The molecular formula is C19H23N5O. The van der Waals surface area contributed by atoms with Crippen LogP contribution in [-0.2, 0) is 0 Å². The van der Waals surface area contributed by atoms with Gasteiger partial charge in [0.05, 0.1) is 11.7 Å². The highest BCUT2D eigenvalue weighted by molar-refractivity contribution is 5.40. The molecule has 2 heterocycles. The van der Waals surface area contributed by atoms with Crippen LogP contribution in [0.15, 0.2) is 48.5 Å². The smallest absolute Gasteiger partial charge is 0.176 e. The molecular weight excluding hydrogens is 314 g/mol. The molecule has 3 aromatic rings. The zero-order valence-corrected chi connectivity index (χ0v) is 14.6. The molecule has 0 aliphatic carbocycles. The molecule has 1 aromatic carbocycles. The van der Waals surface area contributed by atoms with E-state index in [9.17, 15) is 0 Å². The fraction of sp³-hybridized carbons (Fsp3) is 0.316. The molecule has 3 rings (SSSR count). The van der Waals surface area contributed by atoms with Crippen molar-refractivity contribution < 1.29 is 5.11 Å². The molecule has 0 spiro atoms. The number of hydrogen-bond donors (Lipinski definition) is 2. The summed E-state index contributed by atoms with van der Waals surface area (Å²) in [7, 11) is 0. The van der Waals surface area contributed by atoms with Crippen molar-refractivity contribution in [2.75, 3.05) is 11.9 Å². The third kappa shape index (κ3) is 4.22. The van der Waals surface area contributed by atoms with Crippen LogP contribution < -0.4 is 5.32 Å². The number of nitrogens with zero attached hydrogens (tertiary/aromatic N) is 4. The molecule has 2 aromatic heterocycles. The maximum absolute atomic E-state index is 9.15. The minimum Gasteiger partial charge on any atom is -0.396 e. The summed E-state index contributed by atoms with van der Waals surface area (Å²) in [6.45, 7) is 4.13. The SMILES string of the molecule is Cc1cc(C)n(-c2ccc(NC(CCCO)c3ccccc3)nn2)n1. The second kappa shape index (κ2) is 7.90. The second-order valence-electron chi connectivity index (χ2n) is 6.09. The Kier molecular flexibility index (Phi) is 5.40. The fourth-order valence-corrected chi connectivity index (χ4v) is 2.86. The van der Waals surface area contributed by atoms with Crippen LogP contribution in [0.4, 0.5) is 5.82 Å². The highest BCUT2D eigenvalue weighted by Gasteiger charge is 2.12. The zero-order valence-electron chi connectivity index (χ0n) is 14.6. The van der Waals surface area contributed by atoms with Crippen molar-refractivity contribution in [3.05, 3.63) is 65.5 Å². The van der Waals surface area contributed by atoms with Gasteiger partial charge in [0.2, 0.25) is 0 Å². The average Bonchev–Trinajstić information content (AvgIpc) is 2.98. The van der Waals surface area contributed by atoms with Gasteiger partial charge in [-0.05, 0) is 50.5 Å². The number of aliphatic hydroxyl groups excluding tert-OH is 1. The van der Waals surface area contributed by atoms with Gasteiger partial charge >= 0.3 is 0 Å². The standard InChI is InChI=1S/C19H23N5O/c1-14-13-15(2)24(23-14)19-11-10-18(21-22-19)20-17(9-6-12-25)16-7-4-3-5-8-16/h3-5,7-8,10-11,13,17,25H,6,9,12H2,1-2H3,(H,20,21). The first-order valence-electron chi connectivity index (χ1n) is 8.47. The molecule has 0 aliphatic heterocycles. The molecule has 0 saturated carbocycles. The van der Waals surface area contributed by atoms with Crippen molar-refractivity contribution in [2.45, 2.75) is 32.7 Å². The van der Waals surface area contributed by atoms with E-state index in [1.807, 2.05) is 50.2 Å².